The summed E-state index contributed by atoms with van der Waals surface area (Å²) in [5.74, 6) is 1.80. The molecule has 7 heteroatoms. The molecule has 1 N–H and O–H groups in total. The molecule has 1 heterocycles. The molecule has 26 heavy (non-hydrogen) atoms. The van der Waals surface area contributed by atoms with Gasteiger partial charge in [0.2, 0.25) is 10.0 Å². The quantitative estimate of drug-likeness (QED) is 0.837. The summed E-state index contributed by atoms with van der Waals surface area (Å²) in [6.07, 6.45) is 0. The van der Waals surface area contributed by atoms with Crippen molar-refractivity contribution >= 4 is 10.0 Å². The van der Waals surface area contributed by atoms with Crippen LogP contribution in [0, 0.1) is 5.92 Å². The van der Waals surface area contributed by atoms with Gasteiger partial charge < -0.3 is 14.2 Å². The minimum absolute atomic E-state index is 0.0652. The molecule has 0 saturated heterocycles. The minimum atomic E-state index is -3.72. The first kappa shape index (κ1) is 18.5. The SMILES string of the molecule is COc1ccc(C(NS(=O)(=O)c2ccc3c(c2)OCCO3)C(C)C)cc1. The van der Waals surface area contributed by atoms with Gasteiger partial charge in [0.25, 0.3) is 0 Å². The van der Waals surface area contributed by atoms with Gasteiger partial charge in [-0.05, 0) is 35.7 Å². The molecule has 6 nitrogen and oxygen atoms in total. The van der Waals surface area contributed by atoms with Crippen molar-refractivity contribution in [2.75, 3.05) is 20.3 Å². The normalized spacial score (nSPS) is 14.9. The number of sulfonamides is 1. The first-order chi connectivity index (χ1) is 12.4. The summed E-state index contributed by atoms with van der Waals surface area (Å²) in [6, 6.07) is 11.7. The van der Waals surface area contributed by atoms with Crippen molar-refractivity contribution in [3.05, 3.63) is 48.0 Å². The van der Waals surface area contributed by atoms with Crippen LogP contribution in [-0.4, -0.2) is 28.7 Å². The topological polar surface area (TPSA) is 73.9 Å². The smallest absolute Gasteiger partial charge is 0.241 e. The molecule has 3 rings (SSSR count). The fourth-order valence-electron chi connectivity index (χ4n) is 2.83. The van der Waals surface area contributed by atoms with E-state index in [1.54, 1.807) is 13.2 Å². The van der Waals surface area contributed by atoms with Crippen molar-refractivity contribution in [3.63, 3.8) is 0 Å². The molecular weight excluding hydrogens is 354 g/mol. The zero-order valence-electron chi connectivity index (χ0n) is 15.1. The van der Waals surface area contributed by atoms with Crippen LogP contribution in [0.4, 0.5) is 0 Å². The molecule has 1 aliphatic heterocycles. The van der Waals surface area contributed by atoms with Gasteiger partial charge in [-0.15, -0.1) is 0 Å². The third-order valence-corrected chi connectivity index (χ3v) is 5.69. The molecule has 2 aromatic rings. The van der Waals surface area contributed by atoms with Gasteiger partial charge in [0.15, 0.2) is 11.5 Å². The molecule has 0 aromatic heterocycles. The maximum Gasteiger partial charge on any atom is 0.241 e. The van der Waals surface area contributed by atoms with E-state index in [2.05, 4.69) is 4.72 Å². The molecule has 2 aromatic carbocycles. The van der Waals surface area contributed by atoms with Crippen LogP contribution in [0.1, 0.15) is 25.5 Å². The molecule has 0 radical (unpaired) electrons. The first-order valence-corrected chi connectivity index (χ1v) is 9.95. The summed E-state index contributed by atoms with van der Waals surface area (Å²) in [6.45, 7) is 4.82. The monoisotopic (exact) mass is 377 g/mol. The summed E-state index contributed by atoms with van der Waals surface area (Å²) < 4.78 is 44.7. The Kier molecular flexibility index (Phi) is 5.38. The maximum absolute atomic E-state index is 12.9. The van der Waals surface area contributed by atoms with E-state index in [1.165, 1.54) is 12.1 Å². The summed E-state index contributed by atoms with van der Waals surface area (Å²) in [5.41, 5.74) is 0.877. The molecule has 0 amide bonds. The summed E-state index contributed by atoms with van der Waals surface area (Å²) in [7, 11) is -2.12. The summed E-state index contributed by atoms with van der Waals surface area (Å²) >= 11 is 0. The Bertz CT molecular complexity index is 862. The van der Waals surface area contributed by atoms with Crippen LogP contribution >= 0.6 is 0 Å². The second-order valence-corrected chi connectivity index (χ2v) is 8.14. The predicted octanol–water partition coefficient (Wildman–Crippen LogP) is 3.14. The van der Waals surface area contributed by atoms with E-state index < -0.39 is 10.0 Å². The number of nitrogens with one attached hydrogen (secondary N) is 1. The third-order valence-electron chi connectivity index (χ3n) is 4.25. The number of ether oxygens (including phenoxy) is 3. The second-order valence-electron chi connectivity index (χ2n) is 6.42. The zero-order chi connectivity index (χ0) is 18.7. The van der Waals surface area contributed by atoms with Crippen LogP contribution in [0.2, 0.25) is 0 Å². The fourth-order valence-corrected chi connectivity index (χ4v) is 4.21. The molecule has 0 bridgehead atoms. The largest absolute Gasteiger partial charge is 0.497 e. The van der Waals surface area contributed by atoms with Gasteiger partial charge in [-0.1, -0.05) is 26.0 Å². The number of hydrogen-bond acceptors (Lipinski definition) is 5. The number of benzene rings is 2. The van der Waals surface area contributed by atoms with Gasteiger partial charge in [0, 0.05) is 12.1 Å². The molecule has 140 valence electrons. The fraction of sp³-hybridized carbons (Fsp3) is 0.368. The molecule has 0 fully saturated rings. The van der Waals surface area contributed by atoms with Gasteiger partial charge in [0.1, 0.15) is 19.0 Å². The zero-order valence-corrected chi connectivity index (χ0v) is 15.9. The Labute approximate surface area is 154 Å². The average molecular weight is 377 g/mol. The first-order valence-electron chi connectivity index (χ1n) is 8.46. The Balaban J connectivity index is 1.87. The van der Waals surface area contributed by atoms with Crippen molar-refractivity contribution in [2.45, 2.75) is 24.8 Å². The van der Waals surface area contributed by atoms with Crippen LogP contribution in [0.15, 0.2) is 47.4 Å². The van der Waals surface area contributed by atoms with Gasteiger partial charge in [-0.2, -0.15) is 0 Å². The Morgan fingerprint density at radius 1 is 1.00 bits per heavy atom. The highest BCUT2D eigenvalue weighted by molar-refractivity contribution is 7.89. The lowest BCUT2D eigenvalue weighted by Gasteiger charge is -2.24. The van der Waals surface area contributed by atoms with Crippen molar-refractivity contribution in [1.29, 1.82) is 0 Å². The number of fused-ring (bicyclic) bond motifs is 1. The summed E-state index contributed by atoms with van der Waals surface area (Å²) in [5, 5.41) is 0. The van der Waals surface area contributed by atoms with Crippen molar-refractivity contribution < 1.29 is 22.6 Å². The van der Waals surface area contributed by atoms with E-state index >= 15 is 0 Å². The van der Waals surface area contributed by atoms with E-state index in [-0.39, 0.29) is 16.9 Å². The molecule has 0 saturated carbocycles. The van der Waals surface area contributed by atoms with Gasteiger partial charge >= 0.3 is 0 Å². The molecular formula is C19H23NO5S. The number of hydrogen-bond donors (Lipinski definition) is 1. The van der Waals surface area contributed by atoms with Crippen molar-refractivity contribution in [2.24, 2.45) is 5.92 Å². The van der Waals surface area contributed by atoms with Crippen LogP contribution in [0.25, 0.3) is 0 Å². The van der Waals surface area contributed by atoms with Crippen molar-refractivity contribution in [3.8, 4) is 17.2 Å². The number of rotatable bonds is 6. The van der Waals surface area contributed by atoms with E-state index in [4.69, 9.17) is 14.2 Å². The lowest BCUT2D eigenvalue weighted by Crippen LogP contribution is -2.32. The second kappa shape index (κ2) is 7.55. The lowest BCUT2D eigenvalue weighted by molar-refractivity contribution is 0.171. The Morgan fingerprint density at radius 2 is 1.65 bits per heavy atom. The van der Waals surface area contributed by atoms with Crippen molar-refractivity contribution in [1.82, 2.24) is 4.72 Å². The Hall–Kier alpha value is -2.25. The highest BCUT2D eigenvalue weighted by atomic mass is 32.2. The van der Waals surface area contributed by atoms with Gasteiger partial charge in [0.05, 0.1) is 12.0 Å². The maximum atomic E-state index is 12.9. The van der Waals surface area contributed by atoms with Crippen LogP contribution in [-0.2, 0) is 10.0 Å². The van der Waals surface area contributed by atoms with E-state index in [0.717, 1.165) is 11.3 Å². The molecule has 0 aliphatic carbocycles. The van der Waals surface area contributed by atoms with E-state index in [0.29, 0.717) is 24.7 Å². The number of methoxy groups -OCH3 is 1. The highest BCUT2D eigenvalue weighted by Gasteiger charge is 2.25. The predicted molar refractivity (Wildman–Crippen MR) is 98.3 cm³/mol. The standard InChI is InChI=1S/C19H23NO5S/c1-13(2)19(14-4-6-15(23-3)7-5-14)20-26(21,22)16-8-9-17-18(12-16)25-11-10-24-17/h4-9,12-13,19-20H,10-11H2,1-3H3. The van der Waals surface area contributed by atoms with Crippen LogP contribution in [0.5, 0.6) is 17.2 Å². The molecule has 1 unspecified atom stereocenters. The van der Waals surface area contributed by atoms with E-state index in [9.17, 15) is 8.42 Å². The highest BCUT2D eigenvalue weighted by Crippen LogP contribution is 2.33. The molecule has 0 spiro atoms. The third kappa shape index (κ3) is 3.94. The lowest BCUT2D eigenvalue weighted by atomic mass is 9.97. The molecule has 1 aliphatic rings. The Morgan fingerprint density at radius 3 is 2.27 bits per heavy atom. The average Bonchev–Trinajstić information content (AvgIpc) is 2.65. The summed E-state index contributed by atoms with van der Waals surface area (Å²) in [4.78, 5) is 0.154. The van der Waals surface area contributed by atoms with E-state index in [1.807, 2.05) is 38.1 Å². The molecule has 1 atom stereocenters. The van der Waals surface area contributed by atoms with Gasteiger partial charge in [-0.3, -0.25) is 0 Å². The van der Waals surface area contributed by atoms with Crippen LogP contribution in [0.3, 0.4) is 0 Å². The van der Waals surface area contributed by atoms with Crippen LogP contribution < -0.4 is 18.9 Å². The minimum Gasteiger partial charge on any atom is -0.497 e. The van der Waals surface area contributed by atoms with Gasteiger partial charge in [-0.25, -0.2) is 13.1 Å².